The van der Waals surface area contributed by atoms with E-state index < -0.39 is 47.4 Å². The first-order chi connectivity index (χ1) is 18.9. The fourth-order valence-corrected chi connectivity index (χ4v) is 5.01. The zero-order valence-corrected chi connectivity index (χ0v) is 23.5. The molecule has 1 aliphatic rings. The van der Waals surface area contributed by atoms with E-state index in [0.29, 0.717) is 6.42 Å². The Morgan fingerprint density at radius 1 is 0.975 bits per heavy atom. The second kappa shape index (κ2) is 14.0. The molecule has 5 N–H and O–H groups in total. The van der Waals surface area contributed by atoms with Crippen molar-refractivity contribution in [3.8, 4) is 0 Å². The van der Waals surface area contributed by atoms with Gasteiger partial charge in [-0.3, -0.25) is 4.79 Å². The highest BCUT2D eigenvalue weighted by molar-refractivity contribution is 5.85. The molecule has 0 radical (unpaired) electrons. The maximum atomic E-state index is 12.9. The molecule has 1 saturated heterocycles. The predicted octanol–water partition coefficient (Wildman–Crippen LogP) is 0.232. The predicted molar refractivity (Wildman–Crippen MR) is 148 cm³/mol. The van der Waals surface area contributed by atoms with Gasteiger partial charge in [-0.1, -0.05) is 60.7 Å². The van der Waals surface area contributed by atoms with Crippen LogP contribution in [0.3, 0.4) is 0 Å². The molecule has 0 spiro atoms. The van der Waals surface area contributed by atoms with Crippen molar-refractivity contribution in [3.63, 3.8) is 0 Å². The van der Waals surface area contributed by atoms with Crippen LogP contribution >= 0.6 is 0 Å². The number of hydrogen-bond acceptors (Lipinski definition) is 8. The van der Waals surface area contributed by atoms with Crippen LogP contribution in [0.2, 0.25) is 0 Å². The minimum atomic E-state index is -1.65. The third kappa shape index (κ3) is 8.74. The lowest BCUT2D eigenvalue weighted by atomic mass is 9.94. The van der Waals surface area contributed by atoms with Gasteiger partial charge in [0, 0.05) is 25.0 Å². The number of carbonyl (C=O) groups is 2. The van der Waals surface area contributed by atoms with Crippen LogP contribution in [0.15, 0.2) is 60.7 Å². The summed E-state index contributed by atoms with van der Waals surface area (Å²) >= 11 is 0. The van der Waals surface area contributed by atoms with Crippen LogP contribution < -0.4 is 15.7 Å². The van der Waals surface area contributed by atoms with Crippen LogP contribution in [-0.4, -0.2) is 94.0 Å². The summed E-state index contributed by atoms with van der Waals surface area (Å²) in [7, 11) is 0. The monoisotopic (exact) mass is 556 g/mol. The zero-order chi connectivity index (χ0) is 29.3. The number of rotatable bonds is 13. The number of amides is 2. The SMILES string of the molecule is CC(C)(C)N(C(=O)[O-])[C@@H](Cc1ccccc1)[C@H](O)CNC[C@@H](O)[C@H](Cc1ccccc1)NC(=O)C1(O)CCOC1. The molecule has 10 nitrogen and oxygen atoms in total. The first kappa shape index (κ1) is 31.5. The van der Waals surface area contributed by atoms with Gasteiger partial charge in [-0.2, -0.15) is 0 Å². The van der Waals surface area contributed by atoms with Crippen LogP contribution in [0.5, 0.6) is 0 Å². The number of carbonyl (C=O) groups excluding carboxylic acids is 2. The lowest BCUT2D eigenvalue weighted by Crippen LogP contribution is -2.62. The quantitative estimate of drug-likeness (QED) is 0.235. The van der Waals surface area contributed by atoms with Crippen molar-refractivity contribution in [2.24, 2.45) is 0 Å². The standard InChI is InChI=1S/C30H43N3O7/c1-29(2,3)33(28(37)38)24(17-22-12-8-5-9-13-22)26(35)19-31-18-25(34)23(16-21-10-6-4-7-11-21)32-27(36)30(39)14-15-40-20-30/h4-13,23-26,31,34-35,39H,14-20H2,1-3H3,(H,32,36)(H,37,38)/p-1/t23-,24-,25+,26+,30?/m0/s1. The van der Waals surface area contributed by atoms with Gasteiger partial charge in [-0.05, 0) is 44.7 Å². The molecular weight excluding hydrogens is 514 g/mol. The van der Waals surface area contributed by atoms with E-state index in [1.54, 1.807) is 20.8 Å². The number of aliphatic hydroxyl groups is 3. The number of nitrogens with zero attached hydrogens (tertiary/aromatic N) is 1. The number of ether oxygens (including phenoxy) is 1. The highest BCUT2D eigenvalue weighted by Gasteiger charge is 2.41. The van der Waals surface area contributed by atoms with Crippen LogP contribution in [-0.2, 0) is 22.4 Å². The van der Waals surface area contributed by atoms with Crippen molar-refractivity contribution in [2.45, 2.75) is 75.5 Å². The molecule has 0 saturated carbocycles. The number of aliphatic hydroxyl groups excluding tert-OH is 2. The molecule has 0 aromatic heterocycles. The fraction of sp³-hybridized carbons (Fsp3) is 0.533. The third-order valence-corrected chi connectivity index (χ3v) is 7.19. The zero-order valence-electron chi connectivity index (χ0n) is 23.5. The maximum Gasteiger partial charge on any atom is 0.254 e. The van der Waals surface area contributed by atoms with Crippen LogP contribution in [0.4, 0.5) is 4.79 Å². The first-order valence-electron chi connectivity index (χ1n) is 13.7. The van der Waals surface area contributed by atoms with Crippen molar-refractivity contribution < 1.29 is 34.8 Å². The van der Waals surface area contributed by atoms with Crippen LogP contribution in [0.25, 0.3) is 0 Å². The number of carboxylic acid groups (broad SMARTS) is 1. The minimum absolute atomic E-state index is 0.00264. The van der Waals surface area contributed by atoms with Crippen molar-refractivity contribution in [2.75, 3.05) is 26.3 Å². The van der Waals surface area contributed by atoms with E-state index in [2.05, 4.69) is 10.6 Å². The molecule has 2 aromatic rings. The molecular formula is C30H42N3O7-. The average molecular weight is 557 g/mol. The Bertz CT molecular complexity index is 1070. The highest BCUT2D eigenvalue weighted by Crippen LogP contribution is 2.22. The van der Waals surface area contributed by atoms with E-state index in [-0.39, 0.29) is 39.1 Å². The molecule has 5 atom stereocenters. The van der Waals surface area contributed by atoms with Gasteiger partial charge in [-0.25, -0.2) is 0 Å². The Kier molecular flexibility index (Phi) is 11.1. The molecule has 1 heterocycles. The molecule has 1 fully saturated rings. The molecule has 0 bridgehead atoms. The van der Waals surface area contributed by atoms with E-state index in [1.165, 1.54) is 0 Å². The summed E-state index contributed by atoms with van der Waals surface area (Å²) in [5.74, 6) is -0.609. The lowest BCUT2D eigenvalue weighted by Gasteiger charge is -2.45. The van der Waals surface area contributed by atoms with Gasteiger partial charge in [0.25, 0.3) is 5.91 Å². The summed E-state index contributed by atoms with van der Waals surface area (Å²) in [4.78, 5) is 26.2. The lowest BCUT2D eigenvalue weighted by molar-refractivity contribution is -0.275. The summed E-state index contributed by atoms with van der Waals surface area (Å²) in [6, 6.07) is 17.1. The minimum Gasteiger partial charge on any atom is -0.530 e. The van der Waals surface area contributed by atoms with Crippen molar-refractivity contribution >= 4 is 12.0 Å². The van der Waals surface area contributed by atoms with Gasteiger partial charge in [-0.15, -0.1) is 0 Å². The second-order valence-corrected chi connectivity index (χ2v) is 11.5. The van der Waals surface area contributed by atoms with E-state index >= 15 is 0 Å². The summed E-state index contributed by atoms with van der Waals surface area (Å²) in [6.45, 7) is 5.38. The maximum absolute atomic E-state index is 12.9. The van der Waals surface area contributed by atoms with Gasteiger partial charge in [0.1, 0.15) is 6.09 Å². The van der Waals surface area contributed by atoms with E-state index in [9.17, 15) is 30.0 Å². The van der Waals surface area contributed by atoms with E-state index in [4.69, 9.17) is 4.74 Å². The Morgan fingerprint density at radius 2 is 1.52 bits per heavy atom. The largest absolute Gasteiger partial charge is 0.530 e. The van der Waals surface area contributed by atoms with Gasteiger partial charge in [0.2, 0.25) is 0 Å². The Morgan fingerprint density at radius 3 is 2.02 bits per heavy atom. The molecule has 1 unspecified atom stereocenters. The highest BCUT2D eigenvalue weighted by atomic mass is 16.5. The molecule has 10 heteroatoms. The third-order valence-electron chi connectivity index (χ3n) is 7.19. The van der Waals surface area contributed by atoms with Crippen molar-refractivity contribution in [3.05, 3.63) is 71.8 Å². The Labute approximate surface area is 236 Å². The molecule has 0 aliphatic carbocycles. The molecule has 2 amide bonds. The summed E-state index contributed by atoms with van der Waals surface area (Å²) in [5.41, 5.74) is -0.723. The topological polar surface area (TPSA) is 154 Å². The van der Waals surface area contributed by atoms with Crippen LogP contribution in [0.1, 0.15) is 38.3 Å². The average Bonchev–Trinajstić information content (AvgIpc) is 3.35. The van der Waals surface area contributed by atoms with Crippen molar-refractivity contribution in [1.29, 1.82) is 0 Å². The van der Waals surface area contributed by atoms with E-state index in [0.717, 1.165) is 16.0 Å². The fourth-order valence-electron chi connectivity index (χ4n) is 5.01. The number of nitrogens with one attached hydrogen (secondary N) is 2. The summed E-state index contributed by atoms with van der Waals surface area (Å²) in [5, 5.41) is 50.8. The number of hydrogen-bond donors (Lipinski definition) is 5. The summed E-state index contributed by atoms with van der Waals surface area (Å²) in [6.07, 6.45) is -2.83. The molecule has 220 valence electrons. The Hall–Kier alpha value is -3.02. The second-order valence-electron chi connectivity index (χ2n) is 11.5. The number of benzene rings is 2. The first-order valence-corrected chi connectivity index (χ1v) is 13.7. The molecule has 2 aromatic carbocycles. The van der Waals surface area contributed by atoms with E-state index in [1.807, 2.05) is 60.7 Å². The smallest absolute Gasteiger partial charge is 0.254 e. The summed E-state index contributed by atoms with van der Waals surface area (Å²) < 4.78 is 5.19. The van der Waals surface area contributed by atoms with Gasteiger partial charge >= 0.3 is 0 Å². The van der Waals surface area contributed by atoms with Gasteiger partial charge in [0.15, 0.2) is 5.60 Å². The normalized spacial score (nSPS) is 20.4. The molecule has 1 aliphatic heterocycles. The van der Waals surface area contributed by atoms with Gasteiger partial charge in [0.05, 0.1) is 37.5 Å². The van der Waals surface area contributed by atoms with Crippen molar-refractivity contribution in [1.82, 2.24) is 15.5 Å². The van der Waals surface area contributed by atoms with Crippen LogP contribution in [0, 0.1) is 0 Å². The molecule has 40 heavy (non-hydrogen) atoms. The molecule has 3 rings (SSSR count). The van der Waals surface area contributed by atoms with Gasteiger partial charge < -0.3 is 45.5 Å². The Balaban J connectivity index is 1.69.